The number of carboxylic acids is 1. The van der Waals surface area contributed by atoms with Gasteiger partial charge in [0.05, 0.1) is 6.54 Å². The highest BCUT2D eigenvalue weighted by molar-refractivity contribution is 8.01. The third-order valence-corrected chi connectivity index (χ3v) is 4.63. The van der Waals surface area contributed by atoms with Crippen molar-refractivity contribution in [1.29, 1.82) is 0 Å². The van der Waals surface area contributed by atoms with Gasteiger partial charge >= 0.3 is 5.97 Å². The Morgan fingerprint density at radius 2 is 2.14 bits per heavy atom. The van der Waals surface area contributed by atoms with E-state index in [0.717, 1.165) is 0 Å². The molecule has 1 fully saturated rings. The number of hydrogen-bond donors (Lipinski definition) is 1. The second kappa shape index (κ2) is 6.39. The number of nitrogens with zero attached hydrogens (tertiary/aromatic N) is 2. The van der Waals surface area contributed by atoms with Gasteiger partial charge in [-0.3, -0.25) is 4.99 Å². The summed E-state index contributed by atoms with van der Waals surface area (Å²) in [5, 5.41) is 20.1. The molecule has 8 heteroatoms. The summed E-state index contributed by atoms with van der Waals surface area (Å²) in [4.78, 5) is 17.0. The number of ether oxygens (including phenoxy) is 1. The molecule has 21 heavy (non-hydrogen) atoms. The van der Waals surface area contributed by atoms with Crippen molar-refractivity contribution < 1.29 is 19.7 Å². The van der Waals surface area contributed by atoms with Crippen LogP contribution in [0.15, 0.2) is 4.99 Å². The topological polar surface area (TPSA) is 85.2 Å². The predicted molar refractivity (Wildman–Crippen MR) is 85.5 cm³/mol. The molecule has 1 aliphatic heterocycles. The van der Waals surface area contributed by atoms with Gasteiger partial charge in [-0.2, -0.15) is 0 Å². The standard InChI is InChI=1S/C13H22N2O4S2/c1-12(2,3)19-11(18)14-6-8(20)15-9(10(16)17)21-7-13(15,4)5/h9H,6-7H2,1-5H3,(H,14,18)(H,16,17)/p-1/t9-/m0/s1. The summed E-state index contributed by atoms with van der Waals surface area (Å²) in [6.45, 7) is 9.04. The zero-order valence-corrected chi connectivity index (χ0v) is 14.5. The molecule has 1 rings (SSSR count). The Bertz CT molecular complexity index is 458. The summed E-state index contributed by atoms with van der Waals surface area (Å²) in [6.07, 6.45) is -0.693. The van der Waals surface area contributed by atoms with Gasteiger partial charge < -0.3 is 19.8 Å². The highest BCUT2D eigenvalue weighted by Crippen LogP contribution is 2.37. The van der Waals surface area contributed by atoms with Crippen LogP contribution in [0.25, 0.3) is 0 Å². The fourth-order valence-corrected chi connectivity index (χ4v) is 3.79. The van der Waals surface area contributed by atoms with Crippen LogP contribution in [0, 0.1) is 0 Å². The predicted octanol–water partition coefficient (Wildman–Crippen LogP) is 1.08. The van der Waals surface area contributed by atoms with E-state index in [1.807, 2.05) is 13.8 Å². The van der Waals surface area contributed by atoms with Crippen LogP contribution < -0.4 is 5.11 Å². The largest absolute Gasteiger partial charge is 0.595 e. The molecule has 0 aromatic heterocycles. The molecule has 0 bridgehead atoms. The fraction of sp³-hybridized carbons (Fsp3) is 0.769. The van der Waals surface area contributed by atoms with Gasteiger partial charge in [0, 0.05) is 16.9 Å². The molecule has 0 radical (unpaired) electrons. The van der Waals surface area contributed by atoms with Crippen LogP contribution in [0.1, 0.15) is 34.6 Å². The molecule has 1 N–H and O–H groups in total. The Kier molecular flexibility index (Phi) is 5.49. The molecule has 0 spiro atoms. The van der Waals surface area contributed by atoms with Crippen molar-refractivity contribution in [1.82, 2.24) is 4.90 Å². The maximum atomic E-state index is 11.6. The lowest BCUT2D eigenvalue weighted by molar-refractivity contribution is -0.260. The SMILES string of the molecule is CC(C)(C)OC([O-])=NCC(=S)N1[C@H](C(=O)O)SCC1(C)C. The van der Waals surface area contributed by atoms with E-state index in [1.54, 1.807) is 25.7 Å². The van der Waals surface area contributed by atoms with E-state index in [4.69, 9.17) is 17.0 Å². The molecule has 0 aromatic rings. The second-order valence-electron chi connectivity index (χ2n) is 6.37. The maximum absolute atomic E-state index is 11.6. The maximum Gasteiger partial charge on any atom is 0.337 e. The fourth-order valence-electron chi connectivity index (χ4n) is 1.90. The van der Waals surface area contributed by atoms with Gasteiger partial charge in [0.25, 0.3) is 0 Å². The number of thioether (sulfide) groups is 1. The first-order chi connectivity index (χ1) is 9.44. The molecule has 0 amide bonds. The van der Waals surface area contributed by atoms with Gasteiger partial charge in [-0.25, -0.2) is 4.79 Å². The lowest BCUT2D eigenvalue weighted by atomic mass is 10.1. The highest BCUT2D eigenvalue weighted by Gasteiger charge is 2.44. The van der Waals surface area contributed by atoms with E-state index in [1.165, 1.54) is 11.8 Å². The van der Waals surface area contributed by atoms with Crippen LogP contribution in [0.3, 0.4) is 0 Å². The van der Waals surface area contributed by atoms with Crippen LogP contribution in [0.2, 0.25) is 0 Å². The van der Waals surface area contributed by atoms with Crippen molar-refractivity contribution in [3.63, 3.8) is 0 Å². The lowest BCUT2D eigenvalue weighted by Crippen LogP contribution is -2.50. The number of carboxylic acid groups (broad SMARTS) is 1. The summed E-state index contributed by atoms with van der Waals surface area (Å²) >= 11 is 6.59. The van der Waals surface area contributed by atoms with Crippen molar-refractivity contribution in [2.75, 3.05) is 12.3 Å². The van der Waals surface area contributed by atoms with Crippen molar-refractivity contribution >= 4 is 41.0 Å². The van der Waals surface area contributed by atoms with E-state index in [-0.39, 0.29) is 12.1 Å². The summed E-state index contributed by atoms with van der Waals surface area (Å²) in [5.74, 6) is -0.290. The molecule has 0 aromatic carbocycles. The minimum Gasteiger partial charge on any atom is -0.595 e. The molecule has 1 aliphatic rings. The van der Waals surface area contributed by atoms with E-state index in [2.05, 4.69) is 4.99 Å². The van der Waals surface area contributed by atoms with Gasteiger partial charge in [-0.05, 0) is 13.8 Å². The molecule has 6 nitrogen and oxygen atoms in total. The van der Waals surface area contributed by atoms with Crippen LogP contribution in [-0.4, -0.2) is 55.9 Å². The van der Waals surface area contributed by atoms with E-state index in [9.17, 15) is 15.0 Å². The molecule has 1 saturated heterocycles. The third-order valence-electron chi connectivity index (χ3n) is 2.70. The highest BCUT2D eigenvalue weighted by atomic mass is 32.2. The van der Waals surface area contributed by atoms with Crippen molar-refractivity contribution in [3.8, 4) is 0 Å². The van der Waals surface area contributed by atoms with Crippen molar-refractivity contribution in [2.24, 2.45) is 4.99 Å². The molecule has 1 atom stereocenters. The van der Waals surface area contributed by atoms with E-state index >= 15 is 0 Å². The van der Waals surface area contributed by atoms with Crippen LogP contribution in [-0.2, 0) is 9.53 Å². The third kappa shape index (κ3) is 5.03. The molecular formula is C13H21N2O4S2-. The molecular weight excluding hydrogens is 312 g/mol. The van der Waals surface area contributed by atoms with Gasteiger partial charge in [0.2, 0.25) is 0 Å². The monoisotopic (exact) mass is 333 g/mol. The van der Waals surface area contributed by atoms with Crippen LogP contribution in [0.5, 0.6) is 0 Å². The normalized spacial score (nSPS) is 22.2. The first-order valence-corrected chi connectivity index (χ1v) is 7.97. The van der Waals surface area contributed by atoms with Crippen LogP contribution in [0.4, 0.5) is 0 Å². The smallest absolute Gasteiger partial charge is 0.337 e. The molecule has 1 heterocycles. The second-order valence-corrected chi connectivity index (χ2v) is 7.91. The van der Waals surface area contributed by atoms with Crippen molar-refractivity contribution in [2.45, 2.75) is 51.1 Å². The zero-order valence-electron chi connectivity index (χ0n) is 12.9. The Labute approximate surface area is 134 Å². The minimum absolute atomic E-state index is 0.0436. The number of hydrogen-bond acceptors (Lipinski definition) is 6. The number of rotatable bonds is 3. The van der Waals surface area contributed by atoms with Gasteiger partial charge in [0.1, 0.15) is 11.1 Å². The Morgan fingerprint density at radius 3 is 2.62 bits per heavy atom. The van der Waals surface area contributed by atoms with Gasteiger partial charge in [0.15, 0.2) is 5.37 Å². The first-order valence-electron chi connectivity index (χ1n) is 6.51. The molecule has 0 unspecified atom stereocenters. The average molecular weight is 333 g/mol. The Hall–Kier alpha value is -1.02. The first kappa shape index (κ1) is 18.0. The van der Waals surface area contributed by atoms with Gasteiger partial charge in [-0.15, -0.1) is 11.8 Å². The molecule has 0 aliphatic carbocycles. The number of aliphatic imine (C=N–C) groups is 1. The van der Waals surface area contributed by atoms with E-state index < -0.39 is 23.0 Å². The number of thiocarbonyl (C=S) groups is 1. The Balaban J connectivity index is 2.77. The van der Waals surface area contributed by atoms with Crippen LogP contribution >= 0.6 is 24.0 Å². The molecule has 0 saturated carbocycles. The molecule has 120 valence electrons. The number of aliphatic carboxylic acids is 1. The lowest BCUT2D eigenvalue weighted by Gasteiger charge is -2.35. The number of carbonyl (C=O) groups is 1. The summed E-state index contributed by atoms with van der Waals surface area (Å²) in [6, 6.07) is 0. The minimum atomic E-state index is -0.940. The summed E-state index contributed by atoms with van der Waals surface area (Å²) < 4.78 is 5.07. The Morgan fingerprint density at radius 1 is 1.57 bits per heavy atom. The summed E-state index contributed by atoms with van der Waals surface area (Å²) in [7, 11) is 0. The average Bonchev–Trinajstić information content (AvgIpc) is 2.59. The van der Waals surface area contributed by atoms with Gasteiger partial charge in [-0.1, -0.05) is 33.0 Å². The zero-order chi connectivity index (χ0) is 16.4. The quantitative estimate of drug-likeness (QED) is 0.470. The van der Waals surface area contributed by atoms with E-state index in [0.29, 0.717) is 10.7 Å². The van der Waals surface area contributed by atoms with Crippen molar-refractivity contribution in [3.05, 3.63) is 0 Å². The summed E-state index contributed by atoms with van der Waals surface area (Å²) in [5.41, 5.74) is -0.997.